The molecule has 0 aromatic heterocycles. The van der Waals surface area contributed by atoms with Crippen molar-refractivity contribution in [3.63, 3.8) is 0 Å². The first-order valence-corrected chi connectivity index (χ1v) is 16.2. The third kappa shape index (κ3) is 9.14. The molecule has 226 valence electrons. The second-order valence-corrected chi connectivity index (χ2v) is 12.7. The van der Waals surface area contributed by atoms with Crippen molar-refractivity contribution in [2.24, 2.45) is 0 Å². The summed E-state index contributed by atoms with van der Waals surface area (Å²) >= 11 is 0. The number of rotatable bonds is 14. The summed E-state index contributed by atoms with van der Waals surface area (Å²) in [6.07, 6.45) is 2.47. The first-order valence-electron chi connectivity index (χ1n) is 14.3. The summed E-state index contributed by atoms with van der Waals surface area (Å²) in [6, 6.07) is 20.0. The van der Waals surface area contributed by atoms with Gasteiger partial charge in [-0.05, 0) is 74.1 Å². The highest BCUT2D eigenvalue weighted by Crippen LogP contribution is 2.26. The molecule has 9 heteroatoms. The molecule has 0 aliphatic carbocycles. The van der Waals surface area contributed by atoms with E-state index in [1.54, 1.807) is 23.1 Å². The van der Waals surface area contributed by atoms with Crippen LogP contribution in [0.4, 0.5) is 10.1 Å². The summed E-state index contributed by atoms with van der Waals surface area (Å²) in [5.74, 6) is -0.940. The molecule has 1 N–H and O–H groups in total. The Morgan fingerprint density at radius 2 is 1.60 bits per heavy atom. The Kier molecular flexibility index (Phi) is 11.7. The first kappa shape index (κ1) is 32.8. The van der Waals surface area contributed by atoms with Crippen LogP contribution in [0.2, 0.25) is 0 Å². The van der Waals surface area contributed by atoms with Gasteiger partial charge in [-0.15, -0.1) is 0 Å². The Morgan fingerprint density at radius 3 is 2.21 bits per heavy atom. The minimum Gasteiger partial charge on any atom is -0.352 e. The lowest BCUT2D eigenvalue weighted by Gasteiger charge is -2.33. The third-order valence-electron chi connectivity index (χ3n) is 7.54. The molecule has 0 fully saturated rings. The molecule has 0 saturated heterocycles. The maximum Gasteiger partial charge on any atom is 0.243 e. The highest BCUT2D eigenvalue weighted by Gasteiger charge is 2.31. The van der Waals surface area contributed by atoms with Crippen LogP contribution in [0.1, 0.15) is 55.4 Å². The number of nitrogens with zero attached hydrogens (tertiary/aromatic N) is 2. The molecule has 42 heavy (non-hydrogen) atoms. The van der Waals surface area contributed by atoms with Crippen molar-refractivity contribution in [2.45, 2.75) is 72.0 Å². The number of amides is 2. The minimum absolute atomic E-state index is 0.0278. The molecule has 0 radical (unpaired) electrons. The monoisotopic (exact) mass is 595 g/mol. The largest absolute Gasteiger partial charge is 0.352 e. The van der Waals surface area contributed by atoms with Crippen LogP contribution in [-0.2, 0) is 32.6 Å². The molecule has 2 atom stereocenters. The fourth-order valence-corrected chi connectivity index (χ4v) is 5.79. The lowest BCUT2D eigenvalue weighted by atomic mass is 10.0. The molecule has 2 amide bonds. The van der Waals surface area contributed by atoms with E-state index in [2.05, 4.69) is 5.32 Å². The van der Waals surface area contributed by atoms with E-state index in [4.69, 9.17) is 0 Å². The van der Waals surface area contributed by atoms with Gasteiger partial charge >= 0.3 is 0 Å². The van der Waals surface area contributed by atoms with Gasteiger partial charge in [-0.3, -0.25) is 13.9 Å². The molecule has 0 aliphatic rings. The highest BCUT2D eigenvalue weighted by molar-refractivity contribution is 7.92. The third-order valence-corrected chi connectivity index (χ3v) is 8.72. The van der Waals surface area contributed by atoms with Gasteiger partial charge in [0.1, 0.15) is 11.9 Å². The van der Waals surface area contributed by atoms with E-state index in [-0.39, 0.29) is 49.6 Å². The number of nitrogens with one attached hydrogen (secondary N) is 1. The van der Waals surface area contributed by atoms with E-state index < -0.39 is 16.1 Å². The second kappa shape index (κ2) is 15.0. The summed E-state index contributed by atoms with van der Waals surface area (Å²) < 4.78 is 40.5. The number of sulfonamides is 1. The van der Waals surface area contributed by atoms with Gasteiger partial charge in [-0.25, -0.2) is 12.8 Å². The van der Waals surface area contributed by atoms with Gasteiger partial charge in [0, 0.05) is 32.0 Å². The predicted molar refractivity (Wildman–Crippen MR) is 166 cm³/mol. The number of aryl methyl sites for hydroxylation is 1. The number of carbonyl (C=O) groups is 2. The van der Waals surface area contributed by atoms with Gasteiger partial charge < -0.3 is 10.2 Å². The number of halogens is 1. The first-order chi connectivity index (χ1) is 19.9. The van der Waals surface area contributed by atoms with Crippen LogP contribution < -0.4 is 9.62 Å². The average Bonchev–Trinajstić information content (AvgIpc) is 2.95. The van der Waals surface area contributed by atoms with Crippen LogP contribution in [0, 0.1) is 19.7 Å². The number of carbonyl (C=O) groups excluding carboxylic acids is 2. The van der Waals surface area contributed by atoms with Crippen LogP contribution in [0.3, 0.4) is 0 Å². The molecular formula is C33H42FN3O4S. The van der Waals surface area contributed by atoms with E-state index in [9.17, 15) is 22.4 Å². The summed E-state index contributed by atoms with van der Waals surface area (Å²) in [7, 11) is -3.61. The van der Waals surface area contributed by atoms with Crippen molar-refractivity contribution in [1.82, 2.24) is 10.2 Å². The Hall–Kier alpha value is -3.72. The molecule has 0 spiro atoms. The Morgan fingerprint density at radius 1 is 0.929 bits per heavy atom. The maximum atomic E-state index is 13.9. The highest BCUT2D eigenvalue weighted by atomic mass is 32.2. The van der Waals surface area contributed by atoms with Crippen LogP contribution in [0.15, 0.2) is 72.8 Å². The van der Waals surface area contributed by atoms with Crippen molar-refractivity contribution >= 4 is 27.5 Å². The van der Waals surface area contributed by atoms with Crippen molar-refractivity contribution in [3.05, 3.63) is 101 Å². The molecule has 0 unspecified atom stereocenters. The van der Waals surface area contributed by atoms with Gasteiger partial charge in [0.15, 0.2) is 0 Å². The Bertz CT molecular complexity index is 1450. The molecule has 3 rings (SSSR count). The molecule has 3 aromatic carbocycles. The number of hydrogen-bond acceptors (Lipinski definition) is 4. The van der Waals surface area contributed by atoms with Crippen LogP contribution >= 0.6 is 0 Å². The van der Waals surface area contributed by atoms with Crippen LogP contribution in [0.5, 0.6) is 0 Å². The number of benzene rings is 3. The zero-order valence-electron chi connectivity index (χ0n) is 25.1. The number of hydrogen-bond donors (Lipinski definition) is 1. The maximum absolute atomic E-state index is 13.9. The minimum atomic E-state index is -3.61. The van der Waals surface area contributed by atoms with Gasteiger partial charge in [0.05, 0.1) is 11.9 Å². The molecular weight excluding hydrogens is 553 g/mol. The molecule has 0 aliphatic heterocycles. The van der Waals surface area contributed by atoms with E-state index >= 15 is 0 Å². The lowest BCUT2D eigenvalue weighted by molar-refractivity contribution is -0.141. The normalized spacial score (nSPS) is 12.8. The van der Waals surface area contributed by atoms with Crippen molar-refractivity contribution in [2.75, 3.05) is 17.1 Å². The zero-order valence-corrected chi connectivity index (χ0v) is 26.0. The fraction of sp³-hybridized carbons (Fsp3) is 0.394. The van der Waals surface area contributed by atoms with E-state index in [1.165, 1.54) is 16.4 Å². The van der Waals surface area contributed by atoms with E-state index in [0.717, 1.165) is 29.4 Å². The van der Waals surface area contributed by atoms with Crippen molar-refractivity contribution in [1.29, 1.82) is 0 Å². The summed E-state index contributed by atoms with van der Waals surface area (Å²) in [5, 5.41) is 3.03. The summed E-state index contributed by atoms with van der Waals surface area (Å²) in [5.41, 5.74) is 4.00. The van der Waals surface area contributed by atoms with Crippen molar-refractivity contribution in [3.8, 4) is 0 Å². The molecule has 7 nitrogen and oxygen atoms in total. The molecule has 0 saturated carbocycles. The lowest BCUT2D eigenvalue weighted by Crippen LogP contribution is -2.52. The summed E-state index contributed by atoms with van der Waals surface area (Å²) in [4.78, 5) is 29.1. The van der Waals surface area contributed by atoms with Gasteiger partial charge in [-0.2, -0.15) is 0 Å². The number of anilines is 1. The smallest absolute Gasteiger partial charge is 0.243 e. The standard InChI is InChI=1S/C33H42FN3O4S/c1-6-25(3)35-33(39)31(22-27-13-8-7-9-14-27)36(23-28-17-19-29(34)20-18-28)32(38)16-11-21-37(42(5,40)41)30-15-10-12-24(2)26(30)4/h7-10,12-15,17-20,25,31H,6,11,16,21-23H2,1-5H3,(H,35,39)/t25-,31+/m1/s1. The van der Waals surface area contributed by atoms with E-state index in [1.807, 2.05) is 70.2 Å². The topological polar surface area (TPSA) is 86.8 Å². The van der Waals surface area contributed by atoms with Gasteiger partial charge in [-0.1, -0.05) is 61.5 Å². The Balaban J connectivity index is 1.90. The van der Waals surface area contributed by atoms with Crippen molar-refractivity contribution < 1.29 is 22.4 Å². The average molecular weight is 596 g/mol. The van der Waals surface area contributed by atoms with Gasteiger partial charge in [0.2, 0.25) is 21.8 Å². The summed E-state index contributed by atoms with van der Waals surface area (Å²) in [6.45, 7) is 7.91. The molecule has 0 heterocycles. The van der Waals surface area contributed by atoms with Crippen LogP contribution in [0.25, 0.3) is 0 Å². The van der Waals surface area contributed by atoms with Gasteiger partial charge in [0.25, 0.3) is 0 Å². The van der Waals surface area contributed by atoms with Crippen LogP contribution in [-0.4, -0.2) is 50.0 Å². The zero-order chi connectivity index (χ0) is 30.9. The quantitative estimate of drug-likeness (QED) is 0.265. The predicted octanol–water partition coefficient (Wildman–Crippen LogP) is 5.54. The Labute approximate surface area is 249 Å². The second-order valence-electron chi connectivity index (χ2n) is 10.8. The SMILES string of the molecule is CC[C@@H](C)NC(=O)[C@H](Cc1ccccc1)N(Cc1ccc(F)cc1)C(=O)CCCN(c1cccc(C)c1C)S(C)(=O)=O. The fourth-order valence-electron chi connectivity index (χ4n) is 4.77. The molecule has 0 bridgehead atoms. The van der Waals surface area contributed by atoms with E-state index in [0.29, 0.717) is 17.7 Å². The molecule has 3 aromatic rings.